The van der Waals surface area contributed by atoms with Crippen LogP contribution in [0.4, 0.5) is 0 Å². The molecule has 3 atom stereocenters. The highest BCUT2D eigenvalue weighted by Gasteiger charge is 2.31. The minimum atomic E-state index is 0.425. The third kappa shape index (κ3) is 2.72. The van der Waals surface area contributed by atoms with Gasteiger partial charge in [0.25, 0.3) is 0 Å². The second-order valence-electron chi connectivity index (χ2n) is 5.25. The third-order valence-corrected chi connectivity index (χ3v) is 7.23. The van der Waals surface area contributed by atoms with Crippen molar-refractivity contribution in [1.29, 1.82) is 0 Å². The van der Waals surface area contributed by atoms with Gasteiger partial charge in [-0.1, -0.05) is 49.4 Å². The Kier molecular flexibility index (Phi) is 4.59. The van der Waals surface area contributed by atoms with E-state index in [1.807, 2.05) is 0 Å². The Morgan fingerprint density at radius 1 is 1.05 bits per heavy atom. The molecular weight excluding hydrogens is 282 g/mol. The molecule has 0 spiro atoms. The van der Waals surface area contributed by atoms with Crippen LogP contribution >= 0.6 is 23.5 Å². The first-order valence-corrected chi connectivity index (χ1v) is 9.29. The lowest BCUT2D eigenvalue weighted by molar-refractivity contribution is 0.564. The average molecular weight is 303 g/mol. The molecule has 1 saturated heterocycles. The van der Waals surface area contributed by atoms with E-state index in [-0.39, 0.29) is 0 Å². The topological polar surface area (TPSA) is 12.0 Å². The van der Waals surface area contributed by atoms with Crippen LogP contribution in [0.3, 0.4) is 0 Å². The van der Waals surface area contributed by atoms with Gasteiger partial charge in [0, 0.05) is 28.0 Å². The Bertz CT molecular complexity index is 579. The molecule has 0 radical (unpaired) electrons. The van der Waals surface area contributed by atoms with Gasteiger partial charge in [-0.05, 0) is 23.4 Å². The molecule has 3 heteroatoms. The first kappa shape index (κ1) is 14.3. The number of nitrogens with one attached hydrogen (secondary N) is 1. The van der Waals surface area contributed by atoms with Gasteiger partial charge in [0.05, 0.1) is 0 Å². The highest BCUT2D eigenvalue weighted by atomic mass is 32.2. The zero-order valence-corrected chi connectivity index (χ0v) is 13.6. The van der Waals surface area contributed by atoms with Crippen molar-refractivity contribution in [3.8, 4) is 0 Å². The number of thioether (sulfide) groups is 2. The Hall–Kier alpha value is -0.640. The van der Waals surface area contributed by atoms with Crippen molar-refractivity contribution in [1.82, 2.24) is 5.32 Å². The normalized spacial score (nSPS) is 24.7. The van der Waals surface area contributed by atoms with E-state index in [1.54, 1.807) is 0 Å². The number of hydrogen-bond acceptors (Lipinski definition) is 3. The lowest BCUT2D eigenvalue weighted by atomic mass is 9.95. The second kappa shape index (κ2) is 6.42. The maximum Gasteiger partial charge on any atom is 0.0455 e. The van der Waals surface area contributed by atoms with Crippen LogP contribution in [0, 0.1) is 0 Å². The fraction of sp³-hybridized carbons (Fsp3) is 0.412. The van der Waals surface area contributed by atoms with Crippen LogP contribution < -0.4 is 5.32 Å². The first-order valence-electron chi connectivity index (χ1n) is 7.19. The summed E-state index contributed by atoms with van der Waals surface area (Å²) in [5.41, 5.74) is 1.44. The highest BCUT2D eigenvalue weighted by Crippen LogP contribution is 2.40. The third-order valence-electron chi connectivity index (χ3n) is 4.03. The largest absolute Gasteiger partial charge is 0.312 e. The molecule has 1 N–H and O–H groups in total. The summed E-state index contributed by atoms with van der Waals surface area (Å²) in [6.07, 6.45) is 0. The van der Waals surface area contributed by atoms with Crippen molar-refractivity contribution in [2.24, 2.45) is 0 Å². The summed E-state index contributed by atoms with van der Waals surface area (Å²) in [6, 6.07) is 15.8. The van der Waals surface area contributed by atoms with Gasteiger partial charge in [-0.15, -0.1) is 0 Å². The van der Waals surface area contributed by atoms with E-state index < -0.39 is 0 Å². The van der Waals surface area contributed by atoms with E-state index in [2.05, 4.69) is 85.3 Å². The van der Waals surface area contributed by atoms with Crippen LogP contribution in [0.2, 0.25) is 0 Å². The van der Waals surface area contributed by atoms with Gasteiger partial charge < -0.3 is 5.32 Å². The Morgan fingerprint density at radius 3 is 2.60 bits per heavy atom. The molecule has 1 aliphatic heterocycles. The molecule has 1 aliphatic rings. The van der Waals surface area contributed by atoms with E-state index in [4.69, 9.17) is 0 Å². The van der Waals surface area contributed by atoms with Crippen LogP contribution in [0.5, 0.6) is 0 Å². The van der Waals surface area contributed by atoms with Crippen molar-refractivity contribution in [2.45, 2.75) is 23.5 Å². The predicted octanol–water partition coefficient (Wildman–Crippen LogP) is 4.34. The first-order chi connectivity index (χ1) is 9.81. The van der Waals surface area contributed by atoms with Crippen molar-refractivity contribution in [2.75, 3.05) is 18.6 Å². The molecule has 1 nitrogen and oxygen atoms in total. The van der Waals surface area contributed by atoms with Crippen LogP contribution in [0.1, 0.15) is 18.5 Å². The maximum absolute atomic E-state index is 3.58. The summed E-state index contributed by atoms with van der Waals surface area (Å²) in [5.74, 6) is 2.55. The van der Waals surface area contributed by atoms with Gasteiger partial charge in [0.2, 0.25) is 0 Å². The number of benzene rings is 2. The molecule has 0 saturated carbocycles. The zero-order valence-electron chi connectivity index (χ0n) is 12.0. The van der Waals surface area contributed by atoms with Gasteiger partial charge in [-0.3, -0.25) is 0 Å². The lowest BCUT2D eigenvalue weighted by Crippen LogP contribution is -2.36. The summed E-state index contributed by atoms with van der Waals surface area (Å²) in [4.78, 5) is 0. The molecule has 1 fully saturated rings. The molecule has 0 aliphatic carbocycles. The highest BCUT2D eigenvalue weighted by molar-refractivity contribution is 8.07. The van der Waals surface area contributed by atoms with Gasteiger partial charge in [-0.25, -0.2) is 0 Å². The van der Waals surface area contributed by atoms with E-state index in [1.165, 1.54) is 27.8 Å². The smallest absolute Gasteiger partial charge is 0.0455 e. The summed E-state index contributed by atoms with van der Waals surface area (Å²) < 4.78 is 0. The minimum absolute atomic E-state index is 0.425. The summed E-state index contributed by atoms with van der Waals surface area (Å²) in [6.45, 7) is 2.37. The maximum atomic E-state index is 3.58. The number of rotatable bonds is 3. The Morgan fingerprint density at radius 2 is 1.80 bits per heavy atom. The molecular formula is C17H21NS2. The fourth-order valence-corrected chi connectivity index (χ4v) is 6.01. The molecule has 0 amide bonds. The molecule has 3 unspecified atom stereocenters. The fourth-order valence-electron chi connectivity index (χ4n) is 3.03. The molecule has 2 aromatic rings. The van der Waals surface area contributed by atoms with Crippen molar-refractivity contribution < 1.29 is 0 Å². The molecule has 0 bridgehead atoms. The molecule has 20 heavy (non-hydrogen) atoms. The van der Waals surface area contributed by atoms with E-state index in [0.29, 0.717) is 16.5 Å². The Balaban J connectivity index is 2.02. The van der Waals surface area contributed by atoms with Gasteiger partial charge in [-0.2, -0.15) is 23.5 Å². The van der Waals surface area contributed by atoms with Crippen LogP contribution in [-0.2, 0) is 0 Å². The van der Waals surface area contributed by atoms with Crippen molar-refractivity contribution in [3.05, 3.63) is 48.0 Å². The van der Waals surface area contributed by atoms with Crippen LogP contribution in [0.15, 0.2) is 42.5 Å². The van der Waals surface area contributed by atoms with Gasteiger partial charge >= 0.3 is 0 Å². The SMILES string of the molecule is CNC(c1cccc2ccccc12)C1SCCSC1C. The van der Waals surface area contributed by atoms with E-state index in [9.17, 15) is 0 Å². The van der Waals surface area contributed by atoms with Gasteiger partial charge in [0.15, 0.2) is 0 Å². The summed E-state index contributed by atoms with van der Waals surface area (Å²) >= 11 is 4.23. The van der Waals surface area contributed by atoms with E-state index in [0.717, 1.165) is 0 Å². The lowest BCUT2D eigenvalue weighted by Gasteiger charge is -2.35. The van der Waals surface area contributed by atoms with Crippen LogP contribution in [-0.4, -0.2) is 29.1 Å². The molecule has 3 rings (SSSR count). The van der Waals surface area contributed by atoms with Crippen molar-refractivity contribution in [3.63, 3.8) is 0 Å². The number of hydrogen-bond donors (Lipinski definition) is 1. The molecule has 0 aromatic heterocycles. The number of fused-ring (bicyclic) bond motifs is 1. The molecule has 2 aromatic carbocycles. The zero-order chi connectivity index (χ0) is 13.9. The van der Waals surface area contributed by atoms with Gasteiger partial charge in [0.1, 0.15) is 0 Å². The van der Waals surface area contributed by atoms with Crippen LogP contribution in [0.25, 0.3) is 10.8 Å². The van der Waals surface area contributed by atoms with Crippen molar-refractivity contribution >= 4 is 34.3 Å². The second-order valence-corrected chi connectivity index (χ2v) is 8.02. The monoisotopic (exact) mass is 303 g/mol. The predicted molar refractivity (Wildman–Crippen MR) is 93.9 cm³/mol. The van der Waals surface area contributed by atoms with E-state index >= 15 is 0 Å². The molecule has 106 valence electrons. The molecule has 1 heterocycles. The summed E-state index contributed by atoms with van der Waals surface area (Å²) in [7, 11) is 2.10. The quantitative estimate of drug-likeness (QED) is 0.906. The average Bonchev–Trinajstić information content (AvgIpc) is 2.50. The standard InChI is InChI=1S/C17H21NS2/c1-12-17(20-11-10-19-12)16(18-2)15-9-5-7-13-6-3-4-8-14(13)15/h3-9,12,16-18H,10-11H2,1-2H3. The minimum Gasteiger partial charge on any atom is -0.312 e. The summed E-state index contributed by atoms with van der Waals surface area (Å²) in [5, 5.41) is 7.64. The Labute approximate surface area is 129 Å².